The summed E-state index contributed by atoms with van der Waals surface area (Å²) < 4.78 is 11.4. The molecule has 4 nitrogen and oxygen atoms in total. The van der Waals surface area contributed by atoms with Crippen LogP contribution in [0.25, 0.3) is 0 Å². The molecule has 106 valence electrons. The van der Waals surface area contributed by atoms with Crippen LogP contribution in [-0.4, -0.2) is 57.1 Å². The second-order valence-electron chi connectivity index (χ2n) is 5.48. The number of nitrogens with one attached hydrogen (secondary N) is 1. The van der Waals surface area contributed by atoms with Gasteiger partial charge in [-0.05, 0) is 58.7 Å². The third-order valence-corrected chi connectivity index (χ3v) is 4.05. The lowest BCUT2D eigenvalue weighted by Crippen LogP contribution is -2.36. The van der Waals surface area contributed by atoms with E-state index in [1.807, 2.05) is 0 Å². The van der Waals surface area contributed by atoms with Crippen LogP contribution in [0.5, 0.6) is 0 Å². The van der Waals surface area contributed by atoms with E-state index in [9.17, 15) is 0 Å². The molecule has 0 aromatic heterocycles. The maximum absolute atomic E-state index is 5.80. The Bertz CT molecular complexity index is 212. The van der Waals surface area contributed by atoms with Gasteiger partial charge in [0.05, 0.1) is 6.61 Å². The van der Waals surface area contributed by atoms with Gasteiger partial charge in [-0.1, -0.05) is 0 Å². The van der Waals surface area contributed by atoms with Crippen LogP contribution in [-0.2, 0) is 9.47 Å². The normalized spacial score (nSPS) is 30.3. The van der Waals surface area contributed by atoms with Crippen molar-refractivity contribution in [2.24, 2.45) is 0 Å². The Kier molecular flexibility index (Phi) is 6.41. The smallest absolute Gasteiger partial charge is 0.157 e. The molecule has 2 unspecified atom stereocenters. The Balaban J connectivity index is 1.59. The van der Waals surface area contributed by atoms with Crippen molar-refractivity contribution in [2.75, 3.05) is 39.9 Å². The highest BCUT2D eigenvalue weighted by Crippen LogP contribution is 2.14. The van der Waals surface area contributed by atoms with Gasteiger partial charge < -0.3 is 19.7 Å². The molecule has 2 heterocycles. The second-order valence-corrected chi connectivity index (χ2v) is 5.48. The number of hydrogen-bond acceptors (Lipinski definition) is 4. The Hall–Kier alpha value is -0.160. The summed E-state index contributed by atoms with van der Waals surface area (Å²) in [6, 6.07) is 0.718. The quantitative estimate of drug-likeness (QED) is 0.810. The van der Waals surface area contributed by atoms with Gasteiger partial charge in [-0.2, -0.15) is 0 Å². The fourth-order valence-electron chi connectivity index (χ4n) is 2.79. The van der Waals surface area contributed by atoms with Gasteiger partial charge in [-0.3, -0.25) is 0 Å². The zero-order chi connectivity index (χ0) is 12.6. The molecule has 0 aromatic rings. The van der Waals surface area contributed by atoms with E-state index >= 15 is 0 Å². The summed E-state index contributed by atoms with van der Waals surface area (Å²) in [6.07, 6.45) is 7.42. The monoisotopic (exact) mass is 256 g/mol. The van der Waals surface area contributed by atoms with E-state index in [-0.39, 0.29) is 6.29 Å². The highest BCUT2D eigenvalue weighted by molar-refractivity contribution is 4.73. The summed E-state index contributed by atoms with van der Waals surface area (Å²) in [5.74, 6) is 0. The first kappa shape index (κ1) is 14.3. The molecule has 0 amide bonds. The van der Waals surface area contributed by atoms with Crippen LogP contribution in [0.2, 0.25) is 0 Å². The minimum absolute atomic E-state index is 0.0583. The van der Waals surface area contributed by atoms with Crippen LogP contribution in [0.1, 0.15) is 38.5 Å². The maximum atomic E-state index is 5.80. The molecule has 4 heteroatoms. The average molecular weight is 256 g/mol. The zero-order valence-electron chi connectivity index (χ0n) is 11.7. The van der Waals surface area contributed by atoms with Crippen LogP contribution in [0.4, 0.5) is 0 Å². The highest BCUT2D eigenvalue weighted by Gasteiger charge is 2.18. The van der Waals surface area contributed by atoms with Gasteiger partial charge in [-0.25, -0.2) is 0 Å². The number of ether oxygens (including phenoxy) is 2. The molecule has 0 radical (unpaired) electrons. The summed E-state index contributed by atoms with van der Waals surface area (Å²) in [7, 11) is 2.22. The molecule has 18 heavy (non-hydrogen) atoms. The predicted molar refractivity (Wildman–Crippen MR) is 72.7 cm³/mol. The van der Waals surface area contributed by atoms with Gasteiger partial charge in [-0.15, -0.1) is 0 Å². The number of likely N-dealkylation sites (N-methyl/N-ethyl adjacent to an activating group) is 1. The van der Waals surface area contributed by atoms with E-state index in [0.29, 0.717) is 0 Å². The Morgan fingerprint density at radius 2 is 2.11 bits per heavy atom. The molecule has 2 aliphatic heterocycles. The van der Waals surface area contributed by atoms with E-state index in [4.69, 9.17) is 9.47 Å². The van der Waals surface area contributed by atoms with Crippen molar-refractivity contribution in [1.82, 2.24) is 10.2 Å². The molecule has 0 saturated carbocycles. The molecule has 2 fully saturated rings. The third kappa shape index (κ3) is 4.84. The minimum Gasteiger partial charge on any atom is -0.353 e. The lowest BCUT2D eigenvalue weighted by atomic mass is 10.1. The second kappa shape index (κ2) is 8.10. The van der Waals surface area contributed by atoms with Crippen molar-refractivity contribution in [1.29, 1.82) is 0 Å². The number of hydrogen-bond donors (Lipinski definition) is 1. The van der Waals surface area contributed by atoms with Gasteiger partial charge in [0.15, 0.2) is 6.29 Å². The number of nitrogens with zero attached hydrogens (tertiary/aromatic N) is 1. The van der Waals surface area contributed by atoms with Crippen molar-refractivity contribution in [3.05, 3.63) is 0 Å². The van der Waals surface area contributed by atoms with Crippen LogP contribution in [0.3, 0.4) is 0 Å². The first-order chi connectivity index (χ1) is 8.86. The first-order valence-electron chi connectivity index (χ1n) is 7.50. The van der Waals surface area contributed by atoms with E-state index in [1.54, 1.807) is 0 Å². The summed E-state index contributed by atoms with van der Waals surface area (Å²) in [4.78, 5) is 2.45. The molecule has 2 rings (SSSR count). The molecule has 0 bridgehead atoms. The van der Waals surface area contributed by atoms with Crippen LogP contribution in [0.15, 0.2) is 0 Å². The van der Waals surface area contributed by atoms with E-state index in [2.05, 4.69) is 17.3 Å². The molecule has 0 spiro atoms. The van der Waals surface area contributed by atoms with Crippen molar-refractivity contribution in [2.45, 2.75) is 50.9 Å². The Labute approximate surface area is 111 Å². The fourth-order valence-corrected chi connectivity index (χ4v) is 2.79. The van der Waals surface area contributed by atoms with Crippen molar-refractivity contribution < 1.29 is 9.47 Å². The van der Waals surface area contributed by atoms with Crippen LogP contribution < -0.4 is 5.32 Å². The molecular weight excluding hydrogens is 228 g/mol. The summed E-state index contributed by atoms with van der Waals surface area (Å²) in [6.45, 7) is 5.02. The molecule has 0 aromatic carbocycles. The topological polar surface area (TPSA) is 33.7 Å². The van der Waals surface area contributed by atoms with E-state index in [1.165, 1.54) is 38.6 Å². The fraction of sp³-hybridized carbons (Fsp3) is 1.00. The van der Waals surface area contributed by atoms with E-state index < -0.39 is 0 Å². The first-order valence-corrected chi connectivity index (χ1v) is 7.50. The minimum atomic E-state index is 0.0583. The molecule has 2 atom stereocenters. The summed E-state index contributed by atoms with van der Waals surface area (Å²) in [5, 5.41) is 3.46. The van der Waals surface area contributed by atoms with Crippen molar-refractivity contribution in [3.63, 3.8) is 0 Å². The Morgan fingerprint density at radius 3 is 2.94 bits per heavy atom. The summed E-state index contributed by atoms with van der Waals surface area (Å²) in [5.41, 5.74) is 0. The van der Waals surface area contributed by atoms with E-state index in [0.717, 1.165) is 38.8 Å². The molecule has 2 aliphatic rings. The lowest BCUT2D eigenvalue weighted by Gasteiger charge is -2.28. The average Bonchev–Trinajstić information content (AvgIpc) is 2.69. The summed E-state index contributed by atoms with van der Waals surface area (Å²) >= 11 is 0. The van der Waals surface area contributed by atoms with Gasteiger partial charge in [0.25, 0.3) is 0 Å². The predicted octanol–water partition coefficient (Wildman–Crippen LogP) is 1.60. The Morgan fingerprint density at radius 1 is 1.17 bits per heavy atom. The highest BCUT2D eigenvalue weighted by atomic mass is 16.7. The van der Waals surface area contributed by atoms with Crippen LogP contribution >= 0.6 is 0 Å². The number of rotatable bonds is 5. The van der Waals surface area contributed by atoms with Gasteiger partial charge >= 0.3 is 0 Å². The van der Waals surface area contributed by atoms with Gasteiger partial charge in [0.2, 0.25) is 0 Å². The molecule has 2 saturated heterocycles. The maximum Gasteiger partial charge on any atom is 0.157 e. The van der Waals surface area contributed by atoms with Crippen molar-refractivity contribution in [3.8, 4) is 0 Å². The standard InChI is InChI=1S/C14H28N2O2/c1-16(13-5-4-8-15-9-7-13)10-12-18-14-6-2-3-11-17-14/h13-15H,2-12H2,1H3. The largest absolute Gasteiger partial charge is 0.353 e. The van der Waals surface area contributed by atoms with Gasteiger partial charge in [0.1, 0.15) is 0 Å². The third-order valence-electron chi connectivity index (χ3n) is 4.05. The molecule has 0 aliphatic carbocycles. The lowest BCUT2D eigenvalue weighted by molar-refractivity contribution is -0.164. The van der Waals surface area contributed by atoms with Crippen molar-refractivity contribution >= 4 is 0 Å². The SMILES string of the molecule is CN(CCOC1CCCCO1)C1CCCNCC1. The molecule has 1 N–H and O–H groups in total. The molecular formula is C14H28N2O2. The van der Waals surface area contributed by atoms with Gasteiger partial charge in [0, 0.05) is 19.2 Å². The zero-order valence-corrected chi connectivity index (χ0v) is 11.7. The van der Waals surface area contributed by atoms with Crippen LogP contribution in [0, 0.1) is 0 Å².